The molecule has 4 saturated heterocycles. The fraction of sp³-hybridized carbons (Fsp3) is 0.725. The predicted molar refractivity (Wildman–Crippen MR) is 301 cm³/mol. The van der Waals surface area contributed by atoms with E-state index in [4.69, 9.17) is 58.2 Å². The molecule has 1 unspecified atom stereocenters. The van der Waals surface area contributed by atoms with Crippen LogP contribution in [0.2, 0.25) is 0 Å². The monoisotopic (exact) mass is 1470 g/mol. The van der Waals surface area contributed by atoms with Gasteiger partial charge in [-0.15, -0.1) is 0 Å². The van der Waals surface area contributed by atoms with E-state index in [1.54, 1.807) is 96.9 Å². The van der Waals surface area contributed by atoms with E-state index in [0.717, 1.165) is 4.57 Å². The van der Waals surface area contributed by atoms with Gasteiger partial charge in [-0.2, -0.15) is 0 Å². The molecule has 491 valence electrons. The molecule has 0 saturated carbocycles. The first kappa shape index (κ1) is 76.5. The standard InChI is InChI=1S/C26H40N3O12P.C13H16IN3O5.C12H23O8P.Ag/c1-24(2,3)16(30)9-12-36-42(34,38-14-35-23(33)25(4,5)6)37-13-15-18-19(41-26(7,8)40-18)22(39-15)29-11-10-28-17(20(27)31)21(29)32;1-13(2)21-8-6(5-14)20-12(9(8)22-13)17-4-3-16-7(10(15)18)11(17)19;1-11(2,3)9(13)17-7-19-21(15,16)20-8-18-10(14)12(4,5)6;/h10-11,15,18-19,22H,9,12-14H2,1-8H3,(H2,27,31);3-4,6,8-9,12H,5H2,1-2H3,(H2,15,18);7-8H2,1-6H3,(H,15,16);/t15-,18-,19-,22-,42?;6-,8-,9-,12-;;/m11../s1. The number of esters is 3. The van der Waals surface area contributed by atoms with Crippen LogP contribution < -0.4 is 22.6 Å². The number of Topliss-reactive ketones (excluding diaryl/α,β-unsaturated/α-hetero) is 1. The summed E-state index contributed by atoms with van der Waals surface area (Å²) >= 11 is 2.20. The van der Waals surface area contributed by atoms with Gasteiger partial charge in [0.15, 0.2) is 35.4 Å². The summed E-state index contributed by atoms with van der Waals surface area (Å²) in [6.07, 6.45) is -0.0280. The maximum absolute atomic E-state index is 13.6. The SMILES string of the molecule is CC(C)(C)C(=O)OCOP(=O)(O)OCOC(=O)C(C)(C)C.CC1(C)O[C@@H]2[C@H](O1)[C@@H](CI)O[C@H]2n1ccnc(C(N)=O)c1=O.CC1(C)O[C@@H]2[C@H](O1)[C@@H](COP(=O)(OCCC(=O)C(C)(C)C)OCOC(=O)C(C)(C)C)O[C@H]2n1ccnc(C(N)=O)c1=O.[Ag]. The van der Waals surface area contributed by atoms with Crippen LogP contribution in [0.25, 0.3) is 0 Å². The molecule has 2 aromatic rings. The summed E-state index contributed by atoms with van der Waals surface area (Å²) in [7, 11) is -8.89. The van der Waals surface area contributed by atoms with Crippen molar-refractivity contribution in [1.82, 2.24) is 19.1 Å². The van der Waals surface area contributed by atoms with Crippen LogP contribution in [-0.2, 0) is 116 Å². The minimum atomic E-state index is -4.46. The van der Waals surface area contributed by atoms with Gasteiger partial charge in [-0.1, -0.05) is 43.4 Å². The third-order valence-corrected chi connectivity index (χ3v) is 15.1. The molecule has 0 aromatic carbocycles. The van der Waals surface area contributed by atoms with Crippen molar-refractivity contribution >= 4 is 73.7 Å². The maximum atomic E-state index is 13.6. The number of rotatable bonds is 21. The third kappa shape index (κ3) is 21.7. The Morgan fingerprint density at radius 1 is 0.593 bits per heavy atom. The summed E-state index contributed by atoms with van der Waals surface area (Å²) in [6, 6.07) is 0. The number of primary amides is 2. The Kier molecular flexibility index (Phi) is 27.0. The van der Waals surface area contributed by atoms with Crippen molar-refractivity contribution < 1.29 is 130 Å². The van der Waals surface area contributed by atoms with Gasteiger partial charge in [-0.05, 0) is 90.0 Å². The summed E-state index contributed by atoms with van der Waals surface area (Å²) < 4.78 is 103. The van der Waals surface area contributed by atoms with E-state index in [1.165, 1.54) is 29.4 Å². The second-order valence-corrected chi connectivity index (χ2v) is 28.4. The Bertz CT molecular complexity index is 2880. The molecular formula is C51H79AgIN6O25P2. The van der Waals surface area contributed by atoms with E-state index in [0.29, 0.717) is 4.43 Å². The summed E-state index contributed by atoms with van der Waals surface area (Å²) in [5.74, 6) is -5.66. The van der Waals surface area contributed by atoms with E-state index < -0.39 is 159 Å². The van der Waals surface area contributed by atoms with Crippen LogP contribution >= 0.6 is 38.2 Å². The molecule has 5 N–H and O–H groups in total. The van der Waals surface area contributed by atoms with Gasteiger partial charge in [0.2, 0.25) is 20.4 Å². The van der Waals surface area contributed by atoms with Gasteiger partial charge in [0.1, 0.15) is 36.3 Å². The Balaban J connectivity index is 0.000000370. The molecule has 0 spiro atoms. The van der Waals surface area contributed by atoms with Crippen molar-refractivity contribution in [2.24, 2.45) is 33.1 Å². The number of nitrogens with two attached hydrogens (primary N) is 2. The topological polar surface area (TPSA) is 408 Å². The Labute approximate surface area is 526 Å². The molecule has 6 heterocycles. The van der Waals surface area contributed by atoms with Crippen LogP contribution in [0.4, 0.5) is 0 Å². The van der Waals surface area contributed by atoms with Gasteiger partial charge >= 0.3 is 33.6 Å². The van der Waals surface area contributed by atoms with Crippen LogP contribution in [0.15, 0.2) is 34.4 Å². The van der Waals surface area contributed by atoms with Gasteiger partial charge < -0.3 is 59.0 Å². The van der Waals surface area contributed by atoms with Gasteiger partial charge in [0, 0.05) is 63.4 Å². The molecule has 1 radical (unpaired) electrons. The Hall–Kier alpha value is -3.77. The third-order valence-electron chi connectivity index (χ3n) is 12.0. The summed E-state index contributed by atoms with van der Waals surface area (Å²) in [5, 5.41) is 0. The van der Waals surface area contributed by atoms with Crippen LogP contribution in [-0.4, -0.2) is 146 Å². The van der Waals surface area contributed by atoms with Gasteiger partial charge in [-0.3, -0.25) is 56.5 Å². The number of alkyl halides is 1. The van der Waals surface area contributed by atoms with E-state index in [1.807, 2.05) is 13.8 Å². The fourth-order valence-electron chi connectivity index (χ4n) is 7.64. The number of carbonyl (C=O) groups is 6. The van der Waals surface area contributed by atoms with Gasteiger partial charge in [0.25, 0.3) is 22.9 Å². The van der Waals surface area contributed by atoms with E-state index in [2.05, 4.69) is 51.1 Å². The quantitative estimate of drug-likeness (QED) is 0.0285. The zero-order valence-electron chi connectivity index (χ0n) is 50.6. The number of ketones is 1. The number of phosphoric ester groups is 2. The molecule has 2 aromatic heterocycles. The second kappa shape index (κ2) is 30.4. The van der Waals surface area contributed by atoms with Crippen LogP contribution in [0.5, 0.6) is 0 Å². The fourth-order valence-corrected chi connectivity index (χ4v) is 9.84. The van der Waals surface area contributed by atoms with E-state index in [-0.39, 0.29) is 59.1 Å². The zero-order chi connectivity index (χ0) is 64.6. The number of ether oxygens (including phenoxy) is 9. The first-order valence-corrected chi connectivity index (χ1v) is 30.8. The smallest absolute Gasteiger partial charge is 0.437 e. The molecule has 2 amide bonds. The van der Waals surface area contributed by atoms with Crippen molar-refractivity contribution in [2.75, 3.05) is 38.0 Å². The number of amides is 2. The number of nitrogens with zero attached hydrogens (tertiary/aromatic N) is 4. The summed E-state index contributed by atoms with van der Waals surface area (Å²) in [4.78, 5) is 112. The van der Waals surface area contributed by atoms with Crippen LogP contribution in [0, 0.1) is 21.7 Å². The van der Waals surface area contributed by atoms with Crippen molar-refractivity contribution in [1.29, 1.82) is 0 Å². The molecule has 86 heavy (non-hydrogen) atoms. The molecule has 4 aliphatic heterocycles. The average molecular weight is 1470 g/mol. The number of hydrogen-bond acceptors (Lipinski definition) is 26. The molecule has 0 aliphatic carbocycles. The number of hydrogen-bond donors (Lipinski definition) is 3. The zero-order valence-corrected chi connectivity index (χ0v) is 56.1. The minimum absolute atomic E-state index is 0. The molecule has 9 atom stereocenters. The molecule has 0 bridgehead atoms. The van der Waals surface area contributed by atoms with Crippen LogP contribution in [0.3, 0.4) is 0 Å². The molecule has 35 heteroatoms. The van der Waals surface area contributed by atoms with E-state index >= 15 is 0 Å². The molecular weight excluding hydrogens is 1390 g/mol. The first-order chi connectivity index (χ1) is 38.8. The second-order valence-electron chi connectivity index (χ2n) is 24.4. The van der Waals surface area contributed by atoms with Gasteiger partial charge in [-0.25, -0.2) is 32.7 Å². The van der Waals surface area contributed by atoms with E-state index in [9.17, 15) is 52.4 Å². The maximum Gasteiger partial charge on any atom is 0.478 e. The normalized spacial score (nSPS) is 23.8. The number of phosphoric acid groups is 2. The number of halogens is 1. The molecule has 31 nitrogen and oxygen atoms in total. The van der Waals surface area contributed by atoms with Crippen molar-refractivity contribution in [3.8, 4) is 0 Å². The number of fused-ring (bicyclic) bond motifs is 2. The average Bonchev–Trinajstić information content (AvgIpc) is 1.62. The largest absolute Gasteiger partial charge is 0.478 e. The number of aromatic nitrogens is 4. The van der Waals surface area contributed by atoms with Gasteiger partial charge in [0.05, 0.1) is 35.6 Å². The molecule has 4 aliphatic rings. The first-order valence-electron chi connectivity index (χ1n) is 26.4. The Morgan fingerprint density at radius 3 is 1.31 bits per heavy atom. The molecule has 4 fully saturated rings. The van der Waals surface area contributed by atoms with Crippen molar-refractivity contribution in [2.45, 2.75) is 178 Å². The molecule has 6 rings (SSSR count). The Morgan fingerprint density at radius 2 is 0.953 bits per heavy atom. The summed E-state index contributed by atoms with van der Waals surface area (Å²) in [5.41, 5.74) is 5.23. The predicted octanol–water partition coefficient (Wildman–Crippen LogP) is 4.88. The minimum Gasteiger partial charge on any atom is -0.437 e. The van der Waals surface area contributed by atoms with Crippen LogP contribution in [0.1, 0.15) is 151 Å². The summed E-state index contributed by atoms with van der Waals surface area (Å²) in [6.45, 7) is 23.9. The van der Waals surface area contributed by atoms with Crippen molar-refractivity contribution in [3.63, 3.8) is 0 Å². The number of carbonyl (C=O) groups excluding carboxylic acids is 6. The van der Waals surface area contributed by atoms with Crippen molar-refractivity contribution in [3.05, 3.63) is 56.9 Å².